The average Bonchev–Trinajstić information content (AvgIpc) is 2.80. The van der Waals surface area contributed by atoms with E-state index in [1.807, 2.05) is 36.1 Å². The van der Waals surface area contributed by atoms with E-state index in [1.54, 1.807) is 0 Å². The Morgan fingerprint density at radius 3 is 2.55 bits per heavy atom. The van der Waals surface area contributed by atoms with Crippen molar-refractivity contribution in [3.8, 4) is 0 Å². The highest BCUT2D eigenvalue weighted by Crippen LogP contribution is 2.31. The van der Waals surface area contributed by atoms with E-state index < -0.39 is 0 Å². The van der Waals surface area contributed by atoms with Gasteiger partial charge in [0.05, 0.1) is 22.4 Å². The van der Waals surface area contributed by atoms with E-state index in [0.29, 0.717) is 16.5 Å². The van der Waals surface area contributed by atoms with Gasteiger partial charge in [0.1, 0.15) is 0 Å². The van der Waals surface area contributed by atoms with Crippen molar-refractivity contribution in [3.05, 3.63) is 50.2 Å². The summed E-state index contributed by atoms with van der Waals surface area (Å²) in [6.45, 7) is 2.88. The maximum absolute atomic E-state index is 6.26. The number of benzene rings is 1. The van der Waals surface area contributed by atoms with Crippen LogP contribution in [-0.2, 0) is 13.0 Å². The minimum Gasteiger partial charge on any atom is -0.311 e. The van der Waals surface area contributed by atoms with E-state index in [2.05, 4.69) is 33.3 Å². The molecule has 0 aliphatic rings. The van der Waals surface area contributed by atoms with Gasteiger partial charge in [-0.25, -0.2) is 0 Å². The van der Waals surface area contributed by atoms with Gasteiger partial charge in [-0.2, -0.15) is 5.10 Å². The molecule has 2 rings (SSSR count). The molecule has 0 radical (unpaired) electrons. The average molecular weight is 377 g/mol. The molecule has 1 atom stereocenters. The molecule has 0 fully saturated rings. The SMILES string of the molecule is CCn1ncc(Br)c1C(Cc1c(Cl)cccc1Cl)NC. The maximum atomic E-state index is 6.26. The first-order valence-electron chi connectivity index (χ1n) is 6.39. The monoisotopic (exact) mass is 375 g/mol. The van der Waals surface area contributed by atoms with Crippen molar-refractivity contribution in [1.29, 1.82) is 0 Å². The lowest BCUT2D eigenvalue weighted by atomic mass is 10.0. The zero-order valence-corrected chi connectivity index (χ0v) is 14.4. The molecule has 2 aromatic rings. The van der Waals surface area contributed by atoms with Crippen molar-refractivity contribution in [1.82, 2.24) is 15.1 Å². The third-order valence-electron chi connectivity index (χ3n) is 3.28. The summed E-state index contributed by atoms with van der Waals surface area (Å²) in [5.74, 6) is 0. The minimum atomic E-state index is 0.0872. The second kappa shape index (κ2) is 6.94. The van der Waals surface area contributed by atoms with Gasteiger partial charge in [0, 0.05) is 16.6 Å². The summed E-state index contributed by atoms with van der Waals surface area (Å²) in [6, 6.07) is 5.67. The van der Waals surface area contributed by atoms with E-state index >= 15 is 0 Å². The van der Waals surface area contributed by atoms with Gasteiger partial charge in [0.25, 0.3) is 0 Å². The Labute approximate surface area is 137 Å². The lowest BCUT2D eigenvalue weighted by Crippen LogP contribution is -2.23. The van der Waals surface area contributed by atoms with E-state index in [9.17, 15) is 0 Å². The van der Waals surface area contributed by atoms with Crippen LogP contribution in [0.2, 0.25) is 10.0 Å². The summed E-state index contributed by atoms with van der Waals surface area (Å²) in [6.07, 6.45) is 2.52. The third-order valence-corrected chi connectivity index (χ3v) is 4.60. The second-order valence-electron chi connectivity index (χ2n) is 4.44. The molecule has 3 nitrogen and oxygen atoms in total. The number of rotatable bonds is 5. The standard InChI is InChI=1S/C14H16BrCl2N3/c1-3-20-14(10(15)8-19-20)13(18-2)7-9-11(16)5-4-6-12(9)17/h4-6,8,13,18H,3,7H2,1-2H3. The van der Waals surface area contributed by atoms with Crippen molar-refractivity contribution < 1.29 is 0 Å². The Kier molecular flexibility index (Phi) is 5.49. The van der Waals surface area contributed by atoms with Crippen molar-refractivity contribution in [3.63, 3.8) is 0 Å². The number of aryl methyl sites for hydroxylation is 1. The molecule has 0 amide bonds. The van der Waals surface area contributed by atoms with Gasteiger partial charge in [-0.15, -0.1) is 0 Å². The molecule has 0 bridgehead atoms. The van der Waals surface area contributed by atoms with Gasteiger partial charge in [0.2, 0.25) is 0 Å². The number of nitrogens with zero attached hydrogens (tertiary/aromatic N) is 2. The molecule has 20 heavy (non-hydrogen) atoms. The number of nitrogens with one attached hydrogen (secondary N) is 1. The summed E-state index contributed by atoms with van der Waals surface area (Å²) < 4.78 is 2.96. The van der Waals surface area contributed by atoms with Crippen LogP contribution in [0.15, 0.2) is 28.9 Å². The molecule has 6 heteroatoms. The number of likely N-dealkylation sites (N-methyl/N-ethyl adjacent to an activating group) is 1. The molecule has 1 aromatic carbocycles. The fourth-order valence-electron chi connectivity index (χ4n) is 2.24. The molecule has 0 spiro atoms. The highest BCUT2D eigenvalue weighted by molar-refractivity contribution is 9.10. The van der Waals surface area contributed by atoms with Crippen LogP contribution in [-0.4, -0.2) is 16.8 Å². The van der Waals surface area contributed by atoms with Gasteiger partial charge >= 0.3 is 0 Å². The molecule has 108 valence electrons. The van der Waals surface area contributed by atoms with E-state index in [0.717, 1.165) is 22.3 Å². The molecule has 0 aliphatic carbocycles. The van der Waals surface area contributed by atoms with E-state index in [1.165, 1.54) is 0 Å². The molecule has 1 heterocycles. The first-order valence-corrected chi connectivity index (χ1v) is 7.94. The first-order chi connectivity index (χ1) is 9.58. The Morgan fingerprint density at radius 1 is 1.35 bits per heavy atom. The summed E-state index contributed by atoms with van der Waals surface area (Å²) in [4.78, 5) is 0. The highest BCUT2D eigenvalue weighted by Gasteiger charge is 2.20. The van der Waals surface area contributed by atoms with Crippen LogP contribution in [0.25, 0.3) is 0 Å². The quantitative estimate of drug-likeness (QED) is 0.833. The molecule has 1 aromatic heterocycles. The lowest BCUT2D eigenvalue weighted by Gasteiger charge is -2.19. The van der Waals surface area contributed by atoms with Crippen LogP contribution in [0.3, 0.4) is 0 Å². The van der Waals surface area contributed by atoms with Crippen LogP contribution >= 0.6 is 39.1 Å². The maximum Gasteiger partial charge on any atom is 0.0698 e. The predicted molar refractivity (Wildman–Crippen MR) is 87.6 cm³/mol. The first kappa shape index (κ1) is 15.8. The number of hydrogen-bond acceptors (Lipinski definition) is 2. The van der Waals surface area contributed by atoms with E-state index in [-0.39, 0.29) is 6.04 Å². The van der Waals surface area contributed by atoms with Crippen LogP contribution < -0.4 is 5.32 Å². The topological polar surface area (TPSA) is 29.9 Å². The fraction of sp³-hybridized carbons (Fsp3) is 0.357. The van der Waals surface area contributed by atoms with Gasteiger partial charge in [-0.05, 0) is 54.0 Å². The third kappa shape index (κ3) is 3.19. The lowest BCUT2D eigenvalue weighted by molar-refractivity contribution is 0.512. The van der Waals surface area contributed by atoms with Crippen LogP contribution in [0.5, 0.6) is 0 Å². The van der Waals surface area contributed by atoms with Crippen molar-refractivity contribution >= 4 is 39.1 Å². The second-order valence-corrected chi connectivity index (χ2v) is 6.11. The molecular formula is C14H16BrCl2N3. The number of hydrogen-bond donors (Lipinski definition) is 1. The largest absolute Gasteiger partial charge is 0.311 e. The normalized spacial score (nSPS) is 12.7. The summed E-state index contributed by atoms with van der Waals surface area (Å²) >= 11 is 16.1. The molecule has 0 aliphatic heterocycles. The Balaban J connectivity index is 2.36. The van der Waals surface area contributed by atoms with Gasteiger partial charge < -0.3 is 5.32 Å². The fourth-order valence-corrected chi connectivity index (χ4v) is 3.36. The van der Waals surface area contributed by atoms with Crippen LogP contribution in [0.1, 0.15) is 24.2 Å². The van der Waals surface area contributed by atoms with Crippen molar-refractivity contribution in [2.75, 3.05) is 7.05 Å². The molecule has 0 saturated carbocycles. The summed E-state index contributed by atoms with van der Waals surface area (Å²) in [7, 11) is 1.93. The van der Waals surface area contributed by atoms with Crippen molar-refractivity contribution in [2.45, 2.75) is 25.9 Å². The zero-order valence-electron chi connectivity index (χ0n) is 11.3. The van der Waals surface area contributed by atoms with Gasteiger partial charge in [-0.3, -0.25) is 4.68 Å². The molecule has 1 unspecified atom stereocenters. The predicted octanol–water partition coefficient (Wildman–Crippen LogP) is 4.48. The molecule has 1 N–H and O–H groups in total. The Hall–Kier alpha value is -0.550. The summed E-state index contributed by atoms with van der Waals surface area (Å²) in [5, 5.41) is 9.05. The Bertz CT molecular complexity index is 578. The van der Waals surface area contributed by atoms with Gasteiger partial charge in [-0.1, -0.05) is 29.3 Å². The number of aromatic nitrogens is 2. The van der Waals surface area contributed by atoms with Gasteiger partial charge in [0.15, 0.2) is 0 Å². The van der Waals surface area contributed by atoms with Crippen molar-refractivity contribution in [2.24, 2.45) is 0 Å². The van der Waals surface area contributed by atoms with Crippen LogP contribution in [0, 0.1) is 0 Å². The van der Waals surface area contributed by atoms with E-state index in [4.69, 9.17) is 23.2 Å². The van der Waals surface area contributed by atoms with Crippen LogP contribution in [0.4, 0.5) is 0 Å². The molecular weight excluding hydrogens is 361 g/mol. The Morgan fingerprint density at radius 2 is 2.00 bits per heavy atom. The highest BCUT2D eigenvalue weighted by atomic mass is 79.9. The summed E-state index contributed by atoms with van der Waals surface area (Å²) in [5.41, 5.74) is 2.05. The minimum absolute atomic E-state index is 0.0872. The molecule has 0 saturated heterocycles. The zero-order chi connectivity index (χ0) is 14.7. The number of halogens is 3. The smallest absolute Gasteiger partial charge is 0.0698 e.